The molecule has 0 aliphatic carbocycles. The number of carboxylic acid groups (broad SMARTS) is 1. The van der Waals surface area contributed by atoms with Gasteiger partial charge in [0.15, 0.2) is 16.7 Å². The Balaban J connectivity index is 2.23. The van der Waals surface area contributed by atoms with Gasteiger partial charge in [-0.3, -0.25) is 9.59 Å². The lowest BCUT2D eigenvalue weighted by atomic mass is 10.1. The number of nitrogens with zero attached hydrogens (tertiary/aromatic N) is 2. The predicted octanol–water partition coefficient (Wildman–Crippen LogP) is 2.22. The van der Waals surface area contributed by atoms with Gasteiger partial charge < -0.3 is 19.9 Å². The maximum atomic E-state index is 11.7. The lowest BCUT2D eigenvalue weighted by Gasteiger charge is -2.15. The van der Waals surface area contributed by atoms with Crippen LogP contribution in [0.4, 0.5) is 0 Å². The van der Waals surface area contributed by atoms with Crippen LogP contribution in [-0.2, 0) is 16.0 Å². The molecule has 0 spiro atoms. The van der Waals surface area contributed by atoms with Crippen molar-refractivity contribution in [1.82, 2.24) is 5.32 Å². The number of terminal acetylenes is 1. The van der Waals surface area contributed by atoms with E-state index in [4.69, 9.17) is 21.0 Å². The fourth-order valence-corrected chi connectivity index (χ4v) is 3.41. The van der Waals surface area contributed by atoms with Gasteiger partial charge in [-0.2, -0.15) is 5.10 Å². The molecule has 152 valence electrons. The molecule has 1 aromatic rings. The van der Waals surface area contributed by atoms with E-state index in [-0.39, 0.29) is 18.2 Å². The average molecular weight is 415 g/mol. The molecule has 1 atom stereocenters. The number of aliphatic carboxylic acids is 1. The molecular weight excluding hydrogens is 394 g/mol. The van der Waals surface area contributed by atoms with Crippen LogP contribution < -0.4 is 14.8 Å². The quantitative estimate of drug-likeness (QED) is 0.262. The zero-order valence-corrected chi connectivity index (χ0v) is 16.7. The summed E-state index contributed by atoms with van der Waals surface area (Å²) < 4.78 is 11.3. The van der Waals surface area contributed by atoms with Crippen LogP contribution in [0, 0.1) is 12.3 Å². The highest BCUT2D eigenvalue weighted by atomic mass is 32.2. The molecule has 1 saturated heterocycles. The van der Waals surface area contributed by atoms with Crippen molar-refractivity contribution in [3.8, 4) is 23.8 Å². The van der Waals surface area contributed by atoms with E-state index in [1.54, 1.807) is 12.1 Å². The number of ether oxygens (including phenoxy) is 2. The fourth-order valence-electron chi connectivity index (χ4n) is 2.50. The molecule has 1 aliphatic heterocycles. The van der Waals surface area contributed by atoms with Gasteiger partial charge >= 0.3 is 5.97 Å². The molecule has 1 heterocycles. The van der Waals surface area contributed by atoms with Crippen molar-refractivity contribution >= 4 is 35.0 Å². The summed E-state index contributed by atoms with van der Waals surface area (Å²) in [6.45, 7) is 6.17. The molecule has 0 bridgehead atoms. The first-order valence-corrected chi connectivity index (χ1v) is 9.63. The van der Waals surface area contributed by atoms with E-state index in [1.807, 2.05) is 13.0 Å². The van der Waals surface area contributed by atoms with Gasteiger partial charge in [0.05, 0.1) is 19.2 Å². The largest absolute Gasteiger partial charge is 0.490 e. The minimum Gasteiger partial charge on any atom is -0.490 e. The summed E-state index contributed by atoms with van der Waals surface area (Å²) in [5, 5.41) is 18.8. The molecule has 0 saturated carbocycles. The highest BCUT2D eigenvalue weighted by Crippen LogP contribution is 2.33. The van der Waals surface area contributed by atoms with Crippen LogP contribution in [0.25, 0.3) is 0 Å². The molecule has 1 aromatic carbocycles. The molecule has 0 radical (unpaired) electrons. The molecule has 2 rings (SSSR count). The van der Waals surface area contributed by atoms with Crippen molar-refractivity contribution < 1.29 is 24.2 Å². The van der Waals surface area contributed by atoms with Gasteiger partial charge in [0.1, 0.15) is 11.9 Å². The lowest BCUT2D eigenvalue weighted by molar-refractivity contribution is -0.138. The third-order valence-electron chi connectivity index (χ3n) is 3.61. The number of rotatable bonds is 10. The highest BCUT2D eigenvalue weighted by Gasteiger charge is 2.32. The maximum Gasteiger partial charge on any atom is 0.305 e. The fraction of sp³-hybridized carbons (Fsp3) is 0.300. The number of carboxylic acids is 1. The van der Waals surface area contributed by atoms with Crippen molar-refractivity contribution in [2.24, 2.45) is 10.2 Å². The van der Waals surface area contributed by atoms with E-state index in [2.05, 4.69) is 28.0 Å². The number of carbonyl (C=O) groups excluding carboxylic acids is 1. The first kappa shape index (κ1) is 22.0. The summed E-state index contributed by atoms with van der Waals surface area (Å²) in [7, 11) is 0. The summed E-state index contributed by atoms with van der Waals surface area (Å²) >= 11 is 1.03. The minimum atomic E-state index is -1.05. The number of hydrogen-bond donors (Lipinski definition) is 2. The van der Waals surface area contributed by atoms with E-state index < -0.39 is 17.1 Å². The second kappa shape index (κ2) is 10.9. The number of carbonyl (C=O) groups is 2. The summed E-state index contributed by atoms with van der Waals surface area (Å²) in [5.74, 6) is 2.08. The van der Waals surface area contributed by atoms with Crippen LogP contribution in [0.1, 0.15) is 24.5 Å². The Labute approximate surface area is 173 Å². The monoisotopic (exact) mass is 415 g/mol. The molecule has 1 unspecified atom stereocenters. The van der Waals surface area contributed by atoms with Crippen molar-refractivity contribution in [2.75, 3.05) is 13.2 Å². The first-order chi connectivity index (χ1) is 14.0. The van der Waals surface area contributed by atoms with Crippen LogP contribution in [0.3, 0.4) is 0 Å². The van der Waals surface area contributed by atoms with Crippen LogP contribution in [-0.4, -0.2) is 46.8 Å². The van der Waals surface area contributed by atoms with Crippen LogP contribution >= 0.6 is 11.8 Å². The molecule has 1 aliphatic rings. The van der Waals surface area contributed by atoms with Crippen molar-refractivity contribution in [2.45, 2.75) is 25.0 Å². The van der Waals surface area contributed by atoms with Crippen molar-refractivity contribution in [3.63, 3.8) is 0 Å². The topological polar surface area (TPSA) is 110 Å². The number of amides is 1. The Kier molecular flexibility index (Phi) is 8.30. The average Bonchev–Trinajstić information content (AvgIpc) is 3.00. The molecule has 29 heavy (non-hydrogen) atoms. The van der Waals surface area contributed by atoms with Crippen LogP contribution in [0.15, 0.2) is 35.0 Å². The van der Waals surface area contributed by atoms with Crippen LogP contribution in [0.2, 0.25) is 0 Å². The summed E-state index contributed by atoms with van der Waals surface area (Å²) in [6.07, 6.45) is 8.80. The van der Waals surface area contributed by atoms with E-state index >= 15 is 0 Å². The number of amidine groups is 1. The molecule has 1 amide bonds. The standard InChI is InChI=1S/C20H21N3O5S/c1-4-7-14-9-13(10-15(27-6-3)18(14)28-8-5-2)12-21-23-20-22-19(26)16(29-20)11-17(24)25/h2,4,9-10,12,16H,1,6-8,11H2,3H3,(H,24,25)(H,22,23,26). The predicted molar refractivity (Wildman–Crippen MR) is 113 cm³/mol. The Morgan fingerprint density at radius 3 is 2.93 bits per heavy atom. The number of allylic oxidation sites excluding steroid dienone is 1. The second-order valence-corrected chi connectivity index (χ2v) is 6.96. The van der Waals surface area contributed by atoms with Crippen LogP contribution in [0.5, 0.6) is 11.5 Å². The third kappa shape index (κ3) is 6.40. The van der Waals surface area contributed by atoms with Gasteiger partial charge in [-0.05, 0) is 31.0 Å². The molecule has 1 fully saturated rings. The van der Waals surface area contributed by atoms with Gasteiger partial charge in [-0.15, -0.1) is 18.1 Å². The van der Waals surface area contributed by atoms with Gasteiger partial charge in [-0.25, -0.2) is 0 Å². The summed E-state index contributed by atoms with van der Waals surface area (Å²) in [5.41, 5.74) is 1.54. The van der Waals surface area contributed by atoms with E-state index in [0.717, 1.165) is 17.3 Å². The molecule has 9 heteroatoms. The summed E-state index contributed by atoms with van der Waals surface area (Å²) in [6, 6.07) is 3.60. The Bertz CT molecular complexity index is 889. The molecule has 2 N–H and O–H groups in total. The zero-order chi connectivity index (χ0) is 21.2. The van der Waals surface area contributed by atoms with Crippen molar-refractivity contribution in [3.05, 3.63) is 35.9 Å². The molecule has 0 aromatic heterocycles. The van der Waals surface area contributed by atoms with Crippen molar-refractivity contribution in [1.29, 1.82) is 0 Å². The van der Waals surface area contributed by atoms with Gasteiger partial charge in [0, 0.05) is 5.56 Å². The Hall–Kier alpha value is -3.25. The first-order valence-electron chi connectivity index (χ1n) is 8.75. The third-order valence-corrected chi connectivity index (χ3v) is 4.68. The zero-order valence-electron chi connectivity index (χ0n) is 15.9. The van der Waals surface area contributed by atoms with E-state index in [1.165, 1.54) is 6.21 Å². The molecule has 8 nitrogen and oxygen atoms in total. The van der Waals surface area contributed by atoms with E-state index in [9.17, 15) is 9.59 Å². The highest BCUT2D eigenvalue weighted by molar-refractivity contribution is 8.15. The number of thioether (sulfide) groups is 1. The lowest BCUT2D eigenvalue weighted by Crippen LogP contribution is -2.26. The SMILES string of the molecule is C#CCOc1c(CC=C)cc(C=NN=C2NC(=O)C(CC(=O)O)S2)cc1OCC. The van der Waals surface area contributed by atoms with Gasteiger partial charge in [0.25, 0.3) is 0 Å². The normalized spacial score (nSPS) is 17.2. The Morgan fingerprint density at radius 2 is 2.28 bits per heavy atom. The minimum absolute atomic E-state index is 0.111. The molecular formula is C20H21N3O5S. The second-order valence-electron chi connectivity index (χ2n) is 5.77. The van der Waals surface area contributed by atoms with Gasteiger partial charge in [-0.1, -0.05) is 23.8 Å². The number of nitrogens with one attached hydrogen (secondary N) is 1. The Morgan fingerprint density at radius 1 is 1.48 bits per heavy atom. The van der Waals surface area contributed by atoms with Gasteiger partial charge in [0.2, 0.25) is 5.91 Å². The maximum absolute atomic E-state index is 11.7. The smallest absolute Gasteiger partial charge is 0.305 e. The number of benzene rings is 1. The number of hydrogen-bond acceptors (Lipinski definition) is 7. The summed E-state index contributed by atoms with van der Waals surface area (Å²) in [4.78, 5) is 22.5. The van der Waals surface area contributed by atoms with E-state index in [0.29, 0.717) is 30.1 Å².